The predicted molar refractivity (Wildman–Crippen MR) is 272 cm³/mol. The third kappa shape index (κ3) is 23.0. The fraction of sp³-hybridized carbons (Fsp3) is 0.540. The van der Waals surface area contributed by atoms with Crippen LogP contribution in [0.5, 0.6) is 5.75 Å². The van der Waals surface area contributed by atoms with E-state index in [0.717, 1.165) is 23.1 Å². The minimum atomic E-state index is -5.65. The Morgan fingerprint density at radius 2 is 1.16 bits per heavy atom. The number of benzene rings is 2. The number of aliphatic imine (C=N–C) groups is 1. The van der Waals surface area contributed by atoms with Gasteiger partial charge in [-0.05, 0) is 24.1 Å². The smallest absolute Gasteiger partial charge is 0.313 e. The molecule has 1 aliphatic heterocycles. The maximum Gasteiger partial charge on any atom is 0.313 e. The quantitative estimate of drug-likeness (QED) is 0.0159. The molecule has 0 spiro atoms. The normalized spacial score (nSPS) is 12.5. The van der Waals surface area contributed by atoms with Gasteiger partial charge in [0.25, 0.3) is 5.91 Å². The average molecular weight is 1140 g/mol. The average Bonchev–Trinajstić information content (AvgIpc) is 3.85. The van der Waals surface area contributed by atoms with E-state index < -0.39 is 56.4 Å². The first kappa shape index (κ1) is 63.9. The van der Waals surface area contributed by atoms with Crippen LogP contribution < -0.4 is 10.5 Å². The van der Waals surface area contributed by atoms with Gasteiger partial charge in [0.05, 0.1) is 164 Å². The van der Waals surface area contributed by atoms with Gasteiger partial charge in [-0.3, -0.25) is 14.1 Å². The molecule has 3 N–H and O–H groups in total. The number of nitrogens with zero attached hydrogens (tertiary/aromatic N) is 7. The van der Waals surface area contributed by atoms with Crippen molar-refractivity contribution in [3.8, 4) is 16.9 Å². The summed E-state index contributed by atoms with van der Waals surface area (Å²) in [6, 6.07) is 5.78. The van der Waals surface area contributed by atoms with Crippen molar-refractivity contribution in [1.29, 1.82) is 0 Å². The van der Waals surface area contributed by atoms with Gasteiger partial charge in [0.1, 0.15) is 17.9 Å². The van der Waals surface area contributed by atoms with Crippen LogP contribution in [0.15, 0.2) is 58.6 Å². The largest absolute Gasteiger partial charge is 0.420 e. The van der Waals surface area contributed by atoms with Crippen molar-refractivity contribution in [2.75, 3.05) is 139 Å². The summed E-state index contributed by atoms with van der Waals surface area (Å²) < 4.78 is 147. The molecule has 2 aromatic carbocycles. The Kier molecular flexibility index (Phi) is 28.8. The summed E-state index contributed by atoms with van der Waals surface area (Å²) in [5, 5.41) is 8.52. The fourth-order valence-corrected chi connectivity index (χ4v) is 7.70. The van der Waals surface area contributed by atoms with Gasteiger partial charge in [0.15, 0.2) is 16.5 Å². The zero-order chi connectivity index (χ0) is 56.7. The Hall–Kier alpha value is -5.96. The monoisotopic (exact) mass is 1140 g/mol. The molecular formula is C50H66F4N8O16S. The van der Waals surface area contributed by atoms with Gasteiger partial charge in [0.2, 0.25) is 17.4 Å². The van der Waals surface area contributed by atoms with E-state index in [1.807, 2.05) is 37.4 Å². The number of amidine groups is 1. The topological polar surface area (TPSA) is 288 Å². The Labute approximate surface area is 454 Å². The summed E-state index contributed by atoms with van der Waals surface area (Å²) in [4.78, 5) is 38.0. The second-order valence-electron chi connectivity index (χ2n) is 16.8. The Morgan fingerprint density at radius 1 is 0.684 bits per heavy atom. The molecule has 5 rings (SSSR count). The van der Waals surface area contributed by atoms with Crippen LogP contribution in [-0.4, -0.2) is 199 Å². The summed E-state index contributed by atoms with van der Waals surface area (Å²) in [7, 11) is -5.65. The number of nitrogens with two attached hydrogens (primary N) is 1. The molecule has 0 unspecified atom stereocenters. The zero-order valence-electron chi connectivity index (χ0n) is 43.7. The standard InChI is InChI=1S/C50H66F4N8O16S/c1-2-6-61(50(64)38-28-37-4-3-36(39-31-56-35-57-32-39)29-41(37)58-42(55)30-38)33-40-34-62(60-59-40)7-9-69-11-13-71-15-17-73-19-21-75-23-25-77-27-26-76-24-22-74-20-18-72-16-14-70-12-10-68-8-5-43(63)78-48-44(51)46(53)49(79(65,66)67)47(54)45(48)52/h3-4,28-29,31-32,34-35H,2,5-27,30,33H2,1H3,(H2,55,58)(H,65,66,67). The molecule has 0 fully saturated rings. The molecule has 1 aliphatic rings. The van der Waals surface area contributed by atoms with E-state index >= 15 is 0 Å². The van der Waals surface area contributed by atoms with Gasteiger partial charge in [-0.2, -0.15) is 17.2 Å². The lowest BCUT2D eigenvalue weighted by Crippen LogP contribution is -2.33. The van der Waals surface area contributed by atoms with Crippen molar-refractivity contribution in [1.82, 2.24) is 29.9 Å². The number of hydrogen-bond donors (Lipinski definition) is 2. The van der Waals surface area contributed by atoms with E-state index in [1.165, 1.54) is 6.33 Å². The number of carbonyl (C=O) groups is 2. The second kappa shape index (κ2) is 35.6. The molecular weight excluding hydrogens is 1080 g/mol. The van der Waals surface area contributed by atoms with Crippen LogP contribution in [0, 0.1) is 23.3 Å². The lowest BCUT2D eigenvalue weighted by atomic mass is 10.0. The van der Waals surface area contributed by atoms with Crippen LogP contribution in [0.1, 0.15) is 37.4 Å². The van der Waals surface area contributed by atoms with Gasteiger partial charge in [-0.1, -0.05) is 24.3 Å². The van der Waals surface area contributed by atoms with Gasteiger partial charge < -0.3 is 62.7 Å². The highest BCUT2D eigenvalue weighted by molar-refractivity contribution is 7.85. The van der Waals surface area contributed by atoms with E-state index in [2.05, 4.69) is 30.0 Å². The molecule has 3 heterocycles. The molecule has 79 heavy (non-hydrogen) atoms. The summed E-state index contributed by atoms with van der Waals surface area (Å²) in [5.41, 5.74) is 10.7. The minimum Gasteiger partial charge on any atom is -0.420 e. The molecule has 24 nitrogen and oxygen atoms in total. The maximum absolute atomic E-state index is 14.0. The zero-order valence-corrected chi connectivity index (χ0v) is 44.5. The van der Waals surface area contributed by atoms with Crippen molar-refractivity contribution in [3.63, 3.8) is 0 Å². The highest BCUT2D eigenvalue weighted by atomic mass is 32.2. The van der Waals surface area contributed by atoms with E-state index in [1.54, 1.807) is 22.0 Å². The molecule has 436 valence electrons. The van der Waals surface area contributed by atoms with Gasteiger partial charge in [-0.25, -0.2) is 28.4 Å². The Balaban J connectivity index is 0.749. The first-order valence-electron chi connectivity index (χ1n) is 25.2. The maximum atomic E-state index is 14.0. The third-order valence-electron chi connectivity index (χ3n) is 10.8. The summed E-state index contributed by atoms with van der Waals surface area (Å²) >= 11 is 0. The summed E-state index contributed by atoms with van der Waals surface area (Å²) in [5.74, 6) is -12.5. The number of aromatic nitrogens is 5. The van der Waals surface area contributed by atoms with Gasteiger partial charge in [-0.15, -0.1) is 5.10 Å². The number of carbonyl (C=O) groups excluding carboxylic acids is 2. The van der Waals surface area contributed by atoms with E-state index in [-0.39, 0.29) is 51.9 Å². The Morgan fingerprint density at radius 3 is 1.65 bits per heavy atom. The molecule has 4 aromatic rings. The number of esters is 1. The summed E-state index contributed by atoms with van der Waals surface area (Å²) in [6.45, 7) is 9.50. The predicted octanol–water partition coefficient (Wildman–Crippen LogP) is 3.91. The van der Waals surface area contributed by atoms with Crippen molar-refractivity contribution < 1.29 is 92.2 Å². The van der Waals surface area contributed by atoms with Crippen molar-refractivity contribution in [2.24, 2.45) is 10.7 Å². The second-order valence-corrected chi connectivity index (χ2v) is 18.1. The molecule has 1 amide bonds. The van der Waals surface area contributed by atoms with Crippen molar-refractivity contribution in [2.45, 2.75) is 44.2 Å². The highest BCUT2D eigenvalue weighted by Gasteiger charge is 2.34. The fourth-order valence-electron chi connectivity index (χ4n) is 7.06. The minimum absolute atomic E-state index is 0.0187. The number of amides is 1. The van der Waals surface area contributed by atoms with Crippen molar-refractivity contribution in [3.05, 3.63) is 83.2 Å². The molecule has 0 atom stereocenters. The van der Waals surface area contributed by atoms with E-state index in [0.29, 0.717) is 135 Å². The lowest BCUT2D eigenvalue weighted by molar-refractivity contribution is -0.136. The number of hydrogen-bond acceptors (Lipinski definition) is 21. The molecule has 0 aliphatic carbocycles. The van der Waals surface area contributed by atoms with E-state index in [9.17, 15) is 35.6 Å². The lowest BCUT2D eigenvalue weighted by Gasteiger charge is -2.22. The first-order valence-corrected chi connectivity index (χ1v) is 26.6. The van der Waals surface area contributed by atoms with Crippen LogP contribution in [0.2, 0.25) is 0 Å². The molecule has 0 saturated carbocycles. The number of ether oxygens (including phenoxy) is 11. The molecule has 2 aromatic heterocycles. The molecule has 0 radical (unpaired) electrons. The summed E-state index contributed by atoms with van der Waals surface area (Å²) in [6.07, 6.45) is 9.00. The number of fused-ring (bicyclic) bond motifs is 1. The van der Waals surface area contributed by atoms with Crippen molar-refractivity contribution >= 4 is 39.6 Å². The molecule has 0 saturated heterocycles. The Bertz CT molecular complexity index is 2650. The third-order valence-corrected chi connectivity index (χ3v) is 11.7. The van der Waals surface area contributed by atoms with E-state index in [4.69, 9.17) is 57.7 Å². The van der Waals surface area contributed by atoms with Gasteiger partial charge >= 0.3 is 16.1 Å². The number of rotatable bonds is 41. The van der Waals surface area contributed by atoms with Crippen LogP contribution in [0.4, 0.5) is 23.2 Å². The van der Waals surface area contributed by atoms with Crippen LogP contribution in [0.3, 0.4) is 0 Å². The van der Waals surface area contributed by atoms with Crippen LogP contribution >= 0.6 is 0 Å². The first-order chi connectivity index (χ1) is 38.3. The van der Waals surface area contributed by atoms with Crippen LogP contribution in [-0.2, 0) is 80.2 Å². The SMILES string of the molecule is CCCN(Cc1cn(CCOCCOCCOCCOCCOCCOCCOCCOCCOCCOCCC(=O)Oc2c(F)c(F)c(S(=O)(=O)O)c(F)c2F)nn1)C(=O)C1=Cc2ccc(-c3cncnc3)cc2N=C(N)C1. The molecule has 29 heteroatoms. The molecule has 0 bridgehead atoms. The number of halogens is 4. The van der Waals surface area contributed by atoms with Crippen LogP contribution in [0.25, 0.3) is 17.2 Å². The highest BCUT2D eigenvalue weighted by Crippen LogP contribution is 2.34. The van der Waals surface area contributed by atoms with Gasteiger partial charge in [0, 0.05) is 42.1 Å².